The zero-order chi connectivity index (χ0) is 13.8. The first-order chi connectivity index (χ1) is 9.11. The molecular formula is C14H16ClFN2S. The first-order valence-corrected chi connectivity index (χ1v) is 7.46. The van der Waals surface area contributed by atoms with Crippen molar-refractivity contribution in [3.05, 3.63) is 50.7 Å². The minimum atomic E-state index is -0.334. The third-order valence-corrected chi connectivity index (χ3v) is 3.98. The fraction of sp³-hybridized carbons (Fsp3) is 0.357. The highest BCUT2D eigenvalue weighted by Crippen LogP contribution is 2.24. The predicted molar refractivity (Wildman–Crippen MR) is 78.4 cm³/mol. The number of rotatable bonds is 5. The molecule has 0 fully saturated rings. The lowest BCUT2D eigenvalue weighted by molar-refractivity contribution is 0.519. The maximum absolute atomic E-state index is 13.9. The van der Waals surface area contributed by atoms with Gasteiger partial charge in [0.2, 0.25) is 0 Å². The average Bonchev–Trinajstić information content (AvgIpc) is 2.81. The number of hydrogen-bond donors (Lipinski definition) is 1. The van der Waals surface area contributed by atoms with Crippen LogP contribution < -0.4 is 5.32 Å². The minimum Gasteiger partial charge on any atom is -0.309 e. The first-order valence-electron chi connectivity index (χ1n) is 6.20. The minimum absolute atomic E-state index is 0.0166. The summed E-state index contributed by atoms with van der Waals surface area (Å²) in [6.07, 6.45) is 0.545. The maximum Gasteiger partial charge on any atom is 0.145 e. The monoisotopic (exact) mass is 298 g/mol. The molecule has 1 heterocycles. The van der Waals surface area contributed by atoms with Crippen LogP contribution in [0.25, 0.3) is 0 Å². The fourth-order valence-corrected chi connectivity index (χ4v) is 2.85. The fourth-order valence-electron chi connectivity index (χ4n) is 1.99. The second-order valence-electron chi connectivity index (χ2n) is 4.32. The van der Waals surface area contributed by atoms with Crippen LogP contribution >= 0.6 is 22.9 Å². The molecule has 2 nitrogen and oxygen atoms in total. The summed E-state index contributed by atoms with van der Waals surface area (Å²) < 4.78 is 13.9. The summed E-state index contributed by atoms with van der Waals surface area (Å²) in [4.78, 5) is 4.48. The number of halogens is 2. The molecule has 19 heavy (non-hydrogen) atoms. The predicted octanol–water partition coefficient (Wildman–Crippen LogP) is 4.14. The van der Waals surface area contributed by atoms with Crippen molar-refractivity contribution in [2.75, 3.05) is 6.54 Å². The summed E-state index contributed by atoms with van der Waals surface area (Å²) >= 11 is 7.42. The number of nitrogens with one attached hydrogen (secondary N) is 1. The van der Waals surface area contributed by atoms with Gasteiger partial charge in [0.25, 0.3) is 0 Å². The Morgan fingerprint density at radius 2 is 2.26 bits per heavy atom. The normalized spacial score (nSPS) is 12.6. The molecule has 0 radical (unpaired) electrons. The third kappa shape index (κ3) is 3.53. The Hall–Kier alpha value is -0.970. The number of hydrogen-bond acceptors (Lipinski definition) is 3. The van der Waals surface area contributed by atoms with Gasteiger partial charge < -0.3 is 5.32 Å². The molecule has 2 aromatic rings. The van der Waals surface area contributed by atoms with Crippen molar-refractivity contribution in [2.24, 2.45) is 0 Å². The molecule has 1 atom stereocenters. The van der Waals surface area contributed by atoms with Gasteiger partial charge in [-0.1, -0.05) is 30.7 Å². The van der Waals surface area contributed by atoms with Gasteiger partial charge in [0, 0.05) is 5.38 Å². The molecule has 102 valence electrons. The zero-order valence-corrected chi connectivity index (χ0v) is 12.5. The molecule has 0 saturated carbocycles. The Bertz CT molecular complexity index is 556. The van der Waals surface area contributed by atoms with E-state index in [9.17, 15) is 4.39 Å². The van der Waals surface area contributed by atoms with Crippen LogP contribution in [0.5, 0.6) is 0 Å². The molecule has 0 saturated heterocycles. The molecule has 0 amide bonds. The number of benzene rings is 1. The largest absolute Gasteiger partial charge is 0.309 e. The third-order valence-electron chi connectivity index (χ3n) is 2.90. The highest BCUT2D eigenvalue weighted by Gasteiger charge is 2.17. The van der Waals surface area contributed by atoms with Crippen LogP contribution in [0.4, 0.5) is 4.39 Å². The van der Waals surface area contributed by atoms with Gasteiger partial charge >= 0.3 is 0 Å². The molecule has 5 heteroatoms. The smallest absolute Gasteiger partial charge is 0.145 e. The molecule has 0 aliphatic rings. The van der Waals surface area contributed by atoms with Crippen LogP contribution in [0.2, 0.25) is 5.02 Å². The van der Waals surface area contributed by atoms with Gasteiger partial charge in [-0.2, -0.15) is 0 Å². The Morgan fingerprint density at radius 1 is 1.47 bits per heavy atom. The molecule has 1 unspecified atom stereocenters. The molecule has 2 rings (SSSR count). The van der Waals surface area contributed by atoms with E-state index in [0.29, 0.717) is 12.0 Å². The molecule has 0 bridgehead atoms. The van der Waals surface area contributed by atoms with E-state index in [1.165, 1.54) is 0 Å². The van der Waals surface area contributed by atoms with Crippen molar-refractivity contribution in [3.8, 4) is 0 Å². The SMILES string of the molecule is CCNC(Cc1cccc(Cl)c1F)c1csc(C)n1. The summed E-state index contributed by atoms with van der Waals surface area (Å²) in [5, 5.41) is 6.55. The highest BCUT2D eigenvalue weighted by atomic mass is 35.5. The Morgan fingerprint density at radius 3 is 2.89 bits per heavy atom. The van der Waals surface area contributed by atoms with Gasteiger partial charge in [0.15, 0.2) is 0 Å². The van der Waals surface area contributed by atoms with E-state index in [4.69, 9.17) is 11.6 Å². The van der Waals surface area contributed by atoms with E-state index in [2.05, 4.69) is 10.3 Å². The number of nitrogens with zero attached hydrogens (tertiary/aromatic N) is 1. The number of likely N-dealkylation sites (N-methyl/N-ethyl adjacent to an activating group) is 1. The van der Waals surface area contributed by atoms with E-state index in [1.54, 1.807) is 29.5 Å². The second-order valence-corrected chi connectivity index (χ2v) is 5.79. The molecule has 1 N–H and O–H groups in total. The van der Waals surface area contributed by atoms with Crippen LogP contribution in [0.3, 0.4) is 0 Å². The van der Waals surface area contributed by atoms with Gasteiger partial charge in [-0.15, -0.1) is 11.3 Å². The Labute approximate surface area is 121 Å². The number of aromatic nitrogens is 1. The summed E-state index contributed by atoms with van der Waals surface area (Å²) in [7, 11) is 0. The van der Waals surface area contributed by atoms with Crippen molar-refractivity contribution in [3.63, 3.8) is 0 Å². The standard InChI is InChI=1S/C14H16ClFN2S/c1-3-17-12(13-8-19-9(2)18-13)7-10-5-4-6-11(15)14(10)16/h4-6,8,12,17H,3,7H2,1-2H3. The van der Waals surface area contributed by atoms with E-state index in [0.717, 1.165) is 17.2 Å². The lowest BCUT2D eigenvalue weighted by atomic mass is 10.0. The average molecular weight is 299 g/mol. The molecule has 1 aromatic heterocycles. The van der Waals surface area contributed by atoms with Crippen LogP contribution in [-0.4, -0.2) is 11.5 Å². The molecule has 0 aliphatic heterocycles. The van der Waals surface area contributed by atoms with Crippen LogP contribution in [0.1, 0.15) is 29.2 Å². The topological polar surface area (TPSA) is 24.9 Å². The molecule has 1 aromatic carbocycles. The lowest BCUT2D eigenvalue weighted by Crippen LogP contribution is -2.23. The first kappa shape index (κ1) is 14.4. The summed E-state index contributed by atoms with van der Waals surface area (Å²) in [6.45, 7) is 4.81. The van der Waals surface area contributed by atoms with E-state index in [-0.39, 0.29) is 16.9 Å². The zero-order valence-electron chi connectivity index (χ0n) is 10.9. The van der Waals surface area contributed by atoms with Gasteiger partial charge in [-0.05, 0) is 31.5 Å². The number of thiazole rings is 1. The lowest BCUT2D eigenvalue weighted by Gasteiger charge is -2.16. The summed E-state index contributed by atoms with van der Waals surface area (Å²) in [5.74, 6) is -0.334. The number of aryl methyl sites for hydroxylation is 1. The van der Waals surface area contributed by atoms with Gasteiger partial charge in [0.1, 0.15) is 5.82 Å². The van der Waals surface area contributed by atoms with E-state index >= 15 is 0 Å². The van der Waals surface area contributed by atoms with Crippen LogP contribution in [-0.2, 0) is 6.42 Å². The van der Waals surface area contributed by atoms with Gasteiger partial charge in [-0.3, -0.25) is 0 Å². The Balaban J connectivity index is 2.23. The van der Waals surface area contributed by atoms with Crippen LogP contribution in [0.15, 0.2) is 23.6 Å². The van der Waals surface area contributed by atoms with Gasteiger partial charge in [-0.25, -0.2) is 9.37 Å². The highest BCUT2D eigenvalue weighted by molar-refractivity contribution is 7.09. The van der Waals surface area contributed by atoms with Crippen molar-refractivity contribution < 1.29 is 4.39 Å². The molecule has 0 spiro atoms. The molecular weight excluding hydrogens is 283 g/mol. The second kappa shape index (κ2) is 6.46. The summed E-state index contributed by atoms with van der Waals surface area (Å²) in [5.41, 5.74) is 1.58. The Kier molecular flexibility index (Phi) is 4.91. The quantitative estimate of drug-likeness (QED) is 0.897. The summed E-state index contributed by atoms with van der Waals surface area (Å²) in [6, 6.07) is 5.12. The van der Waals surface area contributed by atoms with Crippen molar-refractivity contribution in [1.82, 2.24) is 10.3 Å². The van der Waals surface area contributed by atoms with E-state index < -0.39 is 0 Å². The van der Waals surface area contributed by atoms with Crippen LogP contribution in [0, 0.1) is 12.7 Å². The van der Waals surface area contributed by atoms with E-state index in [1.807, 2.05) is 19.2 Å². The van der Waals surface area contributed by atoms with Crippen molar-refractivity contribution in [1.29, 1.82) is 0 Å². The van der Waals surface area contributed by atoms with Crippen molar-refractivity contribution >= 4 is 22.9 Å². The van der Waals surface area contributed by atoms with Crippen molar-refractivity contribution in [2.45, 2.75) is 26.3 Å². The maximum atomic E-state index is 13.9. The van der Waals surface area contributed by atoms with Gasteiger partial charge in [0.05, 0.1) is 21.8 Å². The molecule has 0 aliphatic carbocycles.